The second-order valence-electron chi connectivity index (χ2n) is 12.7. The van der Waals surface area contributed by atoms with Crippen molar-refractivity contribution in [2.75, 3.05) is 23.7 Å². The first kappa shape index (κ1) is 30.0. The monoisotopic (exact) mass is 605 g/mol. The number of hydrogen-bond acceptors (Lipinski definition) is 10. The Hall–Kier alpha value is -4.00. The summed E-state index contributed by atoms with van der Waals surface area (Å²) in [5, 5.41) is 18.7. The van der Waals surface area contributed by atoms with Crippen molar-refractivity contribution in [3.05, 3.63) is 45.3 Å². The Morgan fingerprint density at radius 1 is 1.00 bits per heavy atom. The maximum Gasteiger partial charge on any atom is 0.410 e. The van der Waals surface area contributed by atoms with E-state index in [1.54, 1.807) is 11.0 Å². The van der Waals surface area contributed by atoms with Crippen molar-refractivity contribution in [3.8, 4) is 0 Å². The normalized spacial score (nSPS) is 21.5. The number of nitro groups is 1. The van der Waals surface area contributed by atoms with Crippen LogP contribution in [0.15, 0.2) is 18.5 Å². The minimum absolute atomic E-state index is 0.0312. The predicted octanol–water partition coefficient (Wildman–Crippen LogP) is 5.36. The lowest BCUT2D eigenvalue weighted by Gasteiger charge is -2.32. The molecule has 3 fully saturated rings. The van der Waals surface area contributed by atoms with Gasteiger partial charge < -0.3 is 30.6 Å². The Morgan fingerprint density at radius 3 is 2.39 bits per heavy atom. The molecule has 2 aliphatic carbocycles. The minimum Gasteiger partial charge on any atom is -0.444 e. The molecule has 13 heteroatoms. The van der Waals surface area contributed by atoms with E-state index in [0.717, 1.165) is 60.8 Å². The largest absolute Gasteiger partial charge is 0.444 e. The van der Waals surface area contributed by atoms with E-state index in [9.17, 15) is 14.9 Å². The van der Waals surface area contributed by atoms with E-state index in [0.29, 0.717) is 55.3 Å². The zero-order valence-electron chi connectivity index (χ0n) is 25.6. The number of nitrogens with two attached hydrogens (primary N) is 1. The highest BCUT2D eigenvalue weighted by Gasteiger charge is 2.28. The van der Waals surface area contributed by atoms with Gasteiger partial charge in [0.2, 0.25) is 5.95 Å². The molecule has 1 aliphatic heterocycles. The second-order valence-corrected chi connectivity index (χ2v) is 12.7. The highest BCUT2D eigenvalue weighted by Crippen LogP contribution is 2.34. The van der Waals surface area contributed by atoms with Gasteiger partial charge in [0, 0.05) is 43.3 Å². The molecule has 0 bridgehead atoms. The van der Waals surface area contributed by atoms with Gasteiger partial charge in [0.25, 0.3) is 5.69 Å². The van der Waals surface area contributed by atoms with Crippen LogP contribution >= 0.6 is 0 Å². The van der Waals surface area contributed by atoms with Crippen LogP contribution in [-0.2, 0) is 11.3 Å². The first-order chi connectivity index (χ1) is 21.2. The quantitative estimate of drug-likeness (QED) is 0.225. The molecule has 1 amide bonds. The molecule has 6 rings (SSSR count). The summed E-state index contributed by atoms with van der Waals surface area (Å²) < 4.78 is 7.74. The summed E-state index contributed by atoms with van der Waals surface area (Å²) in [5.74, 6) is 1.33. The summed E-state index contributed by atoms with van der Waals surface area (Å²) in [7, 11) is 0. The van der Waals surface area contributed by atoms with Crippen molar-refractivity contribution in [3.63, 3.8) is 0 Å². The van der Waals surface area contributed by atoms with Crippen LogP contribution in [0.2, 0.25) is 0 Å². The number of nitro benzene ring substituents is 1. The van der Waals surface area contributed by atoms with Crippen LogP contribution in [-0.4, -0.2) is 66.7 Å². The third kappa shape index (κ3) is 6.57. The van der Waals surface area contributed by atoms with E-state index in [1.807, 2.05) is 20.2 Å². The number of nitrogens with zero attached hydrogens (tertiary/aromatic N) is 6. The Bertz CT molecular complexity index is 1500. The standard InChI is InChI=1S/C31H43N9O4/c1-19-15-21(26(40(42)43)16-20(19)2)17-44-31(41)38-13-11-24(12-14-38)34-28-27-29(39(18-33-27)25-5-3-4-6-25)37-30(36-28)35-23-9-7-22(32)8-10-23/h15-16,18,22-25H,3-14,17,32H2,1-2H3,(H2,34,35,36,37). The Morgan fingerprint density at radius 2 is 1.68 bits per heavy atom. The van der Waals surface area contributed by atoms with E-state index >= 15 is 0 Å². The van der Waals surface area contributed by atoms with Gasteiger partial charge in [-0.15, -0.1) is 0 Å². The first-order valence-electron chi connectivity index (χ1n) is 15.9. The maximum absolute atomic E-state index is 12.9. The van der Waals surface area contributed by atoms with Gasteiger partial charge in [-0.25, -0.2) is 9.78 Å². The Balaban J connectivity index is 1.11. The fraction of sp³-hybridized carbons (Fsp3) is 0.613. The van der Waals surface area contributed by atoms with Crippen LogP contribution in [0.4, 0.5) is 22.2 Å². The molecule has 2 saturated carbocycles. The topological polar surface area (TPSA) is 166 Å². The van der Waals surface area contributed by atoms with Gasteiger partial charge in [-0.1, -0.05) is 12.8 Å². The number of aryl methyl sites for hydroxylation is 2. The first-order valence-corrected chi connectivity index (χ1v) is 15.9. The number of ether oxygens (including phenoxy) is 1. The summed E-state index contributed by atoms with van der Waals surface area (Å²) in [6.07, 6.45) is 11.5. The van der Waals surface area contributed by atoms with Crippen molar-refractivity contribution < 1.29 is 14.5 Å². The zero-order valence-corrected chi connectivity index (χ0v) is 25.6. The highest BCUT2D eigenvalue weighted by molar-refractivity contribution is 5.84. The molecular formula is C31H43N9O4. The summed E-state index contributed by atoms with van der Waals surface area (Å²) in [4.78, 5) is 40.2. The fourth-order valence-corrected chi connectivity index (χ4v) is 6.75. The van der Waals surface area contributed by atoms with Crippen LogP contribution in [0.25, 0.3) is 11.2 Å². The maximum atomic E-state index is 12.9. The van der Waals surface area contributed by atoms with Crippen LogP contribution in [0.3, 0.4) is 0 Å². The molecule has 3 aromatic rings. The molecule has 236 valence electrons. The lowest BCUT2D eigenvalue weighted by atomic mass is 9.92. The van der Waals surface area contributed by atoms with E-state index < -0.39 is 11.0 Å². The molecule has 0 radical (unpaired) electrons. The number of benzene rings is 1. The van der Waals surface area contributed by atoms with Crippen molar-refractivity contribution in [1.82, 2.24) is 24.4 Å². The predicted molar refractivity (Wildman–Crippen MR) is 168 cm³/mol. The Kier molecular flexibility index (Phi) is 8.83. The molecule has 3 aliphatic rings. The number of rotatable bonds is 8. The van der Waals surface area contributed by atoms with Crippen LogP contribution < -0.4 is 16.4 Å². The second kappa shape index (κ2) is 12.9. The molecular weight excluding hydrogens is 562 g/mol. The number of carbonyl (C=O) groups is 1. The van der Waals surface area contributed by atoms with E-state index in [-0.39, 0.29) is 24.4 Å². The third-order valence-corrected chi connectivity index (χ3v) is 9.58. The molecule has 2 aromatic heterocycles. The molecule has 13 nitrogen and oxygen atoms in total. The molecule has 3 heterocycles. The summed E-state index contributed by atoms with van der Waals surface area (Å²) in [6, 6.07) is 4.31. The lowest BCUT2D eigenvalue weighted by molar-refractivity contribution is -0.385. The van der Waals surface area contributed by atoms with E-state index in [1.165, 1.54) is 18.9 Å². The molecule has 1 saturated heterocycles. The number of anilines is 2. The number of aromatic nitrogens is 4. The van der Waals surface area contributed by atoms with Crippen molar-refractivity contribution >= 4 is 34.7 Å². The van der Waals surface area contributed by atoms with Crippen LogP contribution in [0.1, 0.15) is 86.9 Å². The number of imidazole rings is 1. The number of amides is 1. The molecule has 4 N–H and O–H groups in total. The van der Waals surface area contributed by atoms with Gasteiger partial charge in [-0.2, -0.15) is 9.97 Å². The zero-order chi connectivity index (χ0) is 30.8. The molecule has 0 atom stereocenters. The number of hydrogen-bond donors (Lipinski definition) is 3. The lowest BCUT2D eigenvalue weighted by Crippen LogP contribution is -2.42. The van der Waals surface area contributed by atoms with Gasteiger partial charge in [0.05, 0.1) is 16.8 Å². The fourth-order valence-electron chi connectivity index (χ4n) is 6.75. The smallest absolute Gasteiger partial charge is 0.410 e. The molecule has 0 spiro atoms. The number of piperidine rings is 1. The average Bonchev–Trinajstić information content (AvgIpc) is 3.69. The average molecular weight is 606 g/mol. The minimum atomic E-state index is -0.464. The summed E-state index contributed by atoms with van der Waals surface area (Å²) >= 11 is 0. The van der Waals surface area contributed by atoms with Crippen molar-refractivity contribution in [1.29, 1.82) is 0 Å². The molecule has 44 heavy (non-hydrogen) atoms. The summed E-state index contributed by atoms with van der Waals surface area (Å²) in [6.45, 7) is 4.58. The number of carbonyl (C=O) groups excluding carboxylic acids is 1. The van der Waals surface area contributed by atoms with Crippen molar-refractivity contribution in [2.45, 2.75) is 109 Å². The number of nitrogens with one attached hydrogen (secondary N) is 2. The van der Waals surface area contributed by atoms with E-state index in [4.69, 9.17) is 25.4 Å². The van der Waals surface area contributed by atoms with E-state index in [2.05, 4.69) is 15.2 Å². The van der Waals surface area contributed by atoms with Crippen LogP contribution in [0.5, 0.6) is 0 Å². The van der Waals surface area contributed by atoms with Crippen molar-refractivity contribution in [2.24, 2.45) is 5.73 Å². The summed E-state index contributed by atoms with van der Waals surface area (Å²) in [5.41, 5.74) is 9.86. The number of fused-ring (bicyclic) bond motifs is 1. The number of likely N-dealkylation sites (tertiary alicyclic amines) is 1. The SMILES string of the molecule is Cc1cc(COC(=O)N2CCC(Nc3nc(NC4CCC(N)CC4)nc4c3ncn4C3CCCC3)CC2)c([N+](=O)[O-])cc1C. The Labute approximate surface area is 257 Å². The third-order valence-electron chi connectivity index (χ3n) is 9.58. The van der Waals surface area contributed by atoms with Gasteiger partial charge in [-0.05, 0) is 82.4 Å². The van der Waals surface area contributed by atoms with Crippen LogP contribution in [0, 0.1) is 24.0 Å². The van der Waals surface area contributed by atoms with Gasteiger partial charge >= 0.3 is 6.09 Å². The van der Waals surface area contributed by atoms with Gasteiger partial charge in [0.1, 0.15) is 6.61 Å². The van der Waals surface area contributed by atoms with Gasteiger partial charge in [-0.3, -0.25) is 10.1 Å². The molecule has 1 aromatic carbocycles. The van der Waals surface area contributed by atoms with Gasteiger partial charge in [0.15, 0.2) is 17.0 Å². The highest BCUT2D eigenvalue weighted by atomic mass is 16.6. The molecule has 0 unspecified atom stereocenters.